The number of nitrogens with one attached hydrogen (secondary N) is 1. The molecule has 0 amide bonds. The minimum Gasteiger partial charge on any atom is -0.383 e. The third kappa shape index (κ3) is 2.78. The van der Waals surface area contributed by atoms with Gasteiger partial charge in [-0.3, -0.25) is 10.5 Å². The van der Waals surface area contributed by atoms with Gasteiger partial charge in [-0.25, -0.2) is 5.43 Å². The van der Waals surface area contributed by atoms with Gasteiger partial charge in [-0.05, 0) is 29.8 Å². The molecule has 1 rings (SSSR count). The molecule has 3 N–H and O–H groups in total. The molecule has 0 aliphatic rings. The minimum absolute atomic E-state index is 0.0609. The Morgan fingerprint density at radius 3 is 2.80 bits per heavy atom. The van der Waals surface area contributed by atoms with Crippen molar-refractivity contribution in [2.24, 2.45) is 5.84 Å². The monoisotopic (exact) mass is 276 g/mol. The number of hydrogen-bond donors (Lipinski definition) is 2. The van der Waals surface area contributed by atoms with Gasteiger partial charge in [0.2, 0.25) is 0 Å². The van der Waals surface area contributed by atoms with Crippen molar-refractivity contribution in [1.29, 1.82) is 0 Å². The van der Waals surface area contributed by atoms with Gasteiger partial charge in [0.1, 0.15) is 0 Å². The second-order valence-electron chi connectivity index (χ2n) is 3.59. The molecule has 0 aliphatic heterocycles. The normalized spacial score (nSPS) is 13.5. The lowest BCUT2D eigenvalue weighted by atomic mass is 10.2. The second-order valence-corrected chi connectivity index (χ2v) is 4.44. The highest BCUT2D eigenvalue weighted by Gasteiger charge is 2.20. The van der Waals surface area contributed by atoms with Gasteiger partial charge in [0, 0.05) is 13.2 Å². The van der Waals surface area contributed by atoms with E-state index in [-0.39, 0.29) is 6.04 Å². The molecule has 15 heavy (non-hydrogen) atoms. The summed E-state index contributed by atoms with van der Waals surface area (Å²) in [6.45, 7) is 4.65. The van der Waals surface area contributed by atoms with E-state index in [0.717, 1.165) is 10.2 Å². The van der Waals surface area contributed by atoms with E-state index in [0.29, 0.717) is 12.6 Å². The molecule has 1 unspecified atom stereocenters. The predicted octanol–water partition coefficient (Wildman–Crippen LogP) is 1.38. The highest BCUT2D eigenvalue weighted by molar-refractivity contribution is 9.10. The van der Waals surface area contributed by atoms with Crippen LogP contribution in [0.5, 0.6) is 0 Å². The largest absolute Gasteiger partial charge is 0.383 e. The van der Waals surface area contributed by atoms with Crippen LogP contribution in [0.2, 0.25) is 0 Å². The number of hydrazine groups is 1. The first-order valence-electron chi connectivity index (χ1n) is 4.79. The Hall–Kier alpha value is -0.430. The molecule has 0 aliphatic carbocycles. The highest BCUT2D eigenvalue weighted by atomic mass is 79.9. The molecule has 0 bridgehead atoms. The summed E-state index contributed by atoms with van der Waals surface area (Å²) in [4.78, 5) is 0. The summed E-state index contributed by atoms with van der Waals surface area (Å²) in [6, 6.07) is 0.230. The summed E-state index contributed by atoms with van der Waals surface area (Å²) >= 11 is 3.46. The Labute approximate surface area is 98.1 Å². The topological polar surface area (TPSA) is 65.1 Å². The lowest BCUT2D eigenvalue weighted by Gasteiger charge is -2.19. The van der Waals surface area contributed by atoms with Gasteiger partial charge >= 0.3 is 0 Å². The Kier molecular flexibility index (Phi) is 4.72. The van der Waals surface area contributed by atoms with Gasteiger partial charge in [0.05, 0.1) is 29.0 Å². The van der Waals surface area contributed by atoms with E-state index in [2.05, 4.69) is 40.3 Å². The summed E-state index contributed by atoms with van der Waals surface area (Å²) in [5, 5.41) is 4.29. The average Bonchev–Trinajstić information content (AvgIpc) is 2.57. The standard InChI is InChI=1S/C9H17BrN4O/c1-6(2)14-9(7(10)4-12-14)8(13-11)5-15-3/h4,6,8,13H,5,11H2,1-3H3. The van der Waals surface area contributed by atoms with Crippen LogP contribution >= 0.6 is 15.9 Å². The number of methoxy groups -OCH3 is 1. The first-order valence-corrected chi connectivity index (χ1v) is 5.59. The molecule has 0 spiro atoms. The molecule has 0 aromatic carbocycles. The molecule has 86 valence electrons. The van der Waals surface area contributed by atoms with Crippen LogP contribution in [0.1, 0.15) is 31.6 Å². The number of nitrogens with two attached hydrogens (primary N) is 1. The highest BCUT2D eigenvalue weighted by Crippen LogP contribution is 2.25. The predicted molar refractivity (Wildman–Crippen MR) is 62.3 cm³/mol. The number of aromatic nitrogens is 2. The molecule has 0 saturated heterocycles. The SMILES string of the molecule is COCC(NN)c1c(Br)cnn1C(C)C. The summed E-state index contributed by atoms with van der Waals surface area (Å²) in [5.74, 6) is 5.50. The summed E-state index contributed by atoms with van der Waals surface area (Å²) in [5.41, 5.74) is 3.73. The zero-order chi connectivity index (χ0) is 11.4. The van der Waals surface area contributed by atoms with E-state index in [4.69, 9.17) is 10.6 Å². The van der Waals surface area contributed by atoms with Crippen LogP contribution in [0.25, 0.3) is 0 Å². The Morgan fingerprint density at radius 2 is 2.33 bits per heavy atom. The van der Waals surface area contributed by atoms with Crippen molar-refractivity contribution in [1.82, 2.24) is 15.2 Å². The molecule has 0 radical (unpaired) electrons. The van der Waals surface area contributed by atoms with E-state index in [1.807, 2.05) is 4.68 Å². The number of rotatable bonds is 5. The third-order valence-corrected chi connectivity index (χ3v) is 2.75. The van der Waals surface area contributed by atoms with E-state index < -0.39 is 0 Å². The molecule has 1 atom stereocenters. The van der Waals surface area contributed by atoms with Crippen molar-refractivity contribution in [3.05, 3.63) is 16.4 Å². The lowest BCUT2D eigenvalue weighted by molar-refractivity contribution is 0.162. The fourth-order valence-corrected chi connectivity index (χ4v) is 2.01. The number of halogens is 1. The van der Waals surface area contributed by atoms with Gasteiger partial charge in [-0.1, -0.05) is 0 Å². The Morgan fingerprint density at radius 1 is 1.67 bits per heavy atom. The number of nitrogens with zero attached hydrogens (tertiary/aromatic N) is 2. The van der Waals surface area contributed by atoms with Gasteiger partial charge in [-0.15, -0.1) is 0 Å². The van der Waals surface area contributed by atoms with Crippen LogP contribution in [0.15, 0.2) is 10.7 Å². The third-order valence-electron chi connectivity index (χ3n) is 2.14. The average molecular weight is 277 g/mol. The van der Waals surface area contributed by atoms with Gasteiger partial charge in [0.25, 0.3) is 0 Å². The van der Waals surface area contributed by atoms with Crippen LogP contribution in [0, 0.1) is 0 Å². The van der Waals surface area contributed by atoms with Crippen LogP contribution in [0.3, 0.4) is 0 Å². The van der Waals surface area contributed by atoms with Crippen LogP contribution < -0.4 is 11.3 Å². The maximum atomic E-state index is 5.50. The fraction of sp³-hybridized carbons (Fsp3) is 0.667. The molecular weight excluding hydrogens is 260 g/mol. The van der Waals surface area contributed by atoms with Gasteiger partial charge in [-0.2, -0.15) is 5.10 Å². The molecule has 6 heteroatoms. The van der Waals surface area contributed by atoms with E-state index >= 15 is 0 Å². The maximum Gasteiger partial charge on any atom is 0.0873 e. The first kappa shape index (κ1) is 12.6. The van der Waals surface area contributed by atoms with Crippen molar-refractivity contribution in [2.75, 3.05) is 13.7 Å². The molecule has 0 fully saturated rings. The molecule has 0 saturated carbocycles. The lowest BCUT2D eigenvalue weighted by Crippen LogP contribution is -2.33. The smallest absolute Gasteiger partial charge is 0.0873 e. The Bertz CT molecular complexity index is 313. The van der Waals surface area contributed by atoms with Crippen molar-refractivity contribution >= 4 is 15.9 Å². The van der Waals surface area contributed by atoms with E-state index in [9.17, 15) is 0 Å². The Balaban J connectivity index is 3.03. The second kappa shape index (κ2) is 5.60. The number of hydrogen-bond acceptors (Lipinski definition) is 4. The van der Waals surface area contributed by atoms with Crippen molar-refractivity contribution in [2.45, 2.75) is 25.9 Å². The first-order chi connectivity index (χ1) is 7.11. The molecule has 1 aromatic heterocycles. The van der Waals surface area contributed by atoms with Crippen LogP contribution in [-0.4, -0.2) is 23.5 Å². The summed E-state index contributed by atoms with van der Waals surface area (Å²) < 4.78 is 7.97. The van der Waals surface area contributed by atoms with Crippen molar-refractivity contribution < 1.29 is 4.74 Å². The summed E-state index contributed by atoms with van der Waals surface area (Å²) in [7, 11) is 1.65. The van der Waals surface area contributed by atoms with Crippen molar-refractivity contribution in [3.63, 3.8) is 0 Å². The van der Waals surface area contributed by atoms with E-state index in [1.165, 1.54) is 0 Å². The van der Waals surface area contributed by atoms with Crippen molar-refractivity contribution in [3.8, 4) is 0 Å². The van der Waals surface area contributed by atoms with Gasteiger partial charge in [0.15, 0.2) is 0 Å². The molecule has 1 heterocycles. The molecule has 5 nitrogen and oxygen atoms in total. The summed E-state index contributed by atoms with van der Waals surface area (Å²) in [6.07, 6.45) is 1.77. The zero-order valence-corrected chi connectivity index (χ0v) is 10.8. The molecule has 1 aromatic rings. The minimum atomic E-state index is -0.0609. The quantitative estimate of drug-likeness (QED) is 0.630. The zero-order valence-electron chi connectivity index (χ0n) is 9.20. The van der Waals surface area contributed by atoms with Crippen LogP contribution in [0.4, 0.5) is 0 Å². The maximum absolute atomic E-state index is 5.50. The molecular formula is C9H17BrN4O. The fourth-order valence-electron chi connectivity index (χ4n) is 1.46. The number of ether oxygens (including phenoxy) is 1. The van der Waals surface area contributed by atoms with E-state index in [1.54, 1.807) is 13.3 Å². The van der Waals surface area contributed by atoms with Gasteiger partial charge < -0.3 is 4.74 Å². The van der Waals surface area contributed by atoms with Crippen LogP contribution in [-0.2, 0) is 4.74 Å².